The molecule has 0 aromatic carbocycles. The number of amides is 2. The fourth-order valence-electron chi connectivity index (χ4n) is 2.33. The molecule has 3 heterocycles. The summed E-state index contributed by atoms with van der Waals surface area (Å²) >= 11 is 1.39. The van der Waals surface area contributed by atoms with Crippen molar-refractivity contribution in [3.63, 3.8) is 0 Å². The standard InChI is InChI=1S/C14H18N6O3S/c1-9-7-11(19(2)18-9)13(22)17-16-12(21)10-8-24-14(15-10)20-3-5-23-6-4-20/h7-8H,3-6H2,1-2H3,(H,16,21)(H,17,22). The topological polar surface area (TPSA) is 101 Å². The smallest absolute Gasteiger partial charge is 0.289 e. The Bertz CT molecular complexity index is 750. The average Bonchev–Trinajstić information content (AvgIpc) is 3.20. The Balaban J connectivity index is 1.58. The second-order valence-corrected chi connectivity index (χ2v) is 6.15. The van der Waals surface area contributed by atoms with Gasteiger partial charge in [-0.3, -0.25) is 25.1 Å². The van der Waals surface area contributed by atoms with Gasteiger partial charge in [0.05, 0.1) is 18.9 Å². The van der Waals surface area contributed by atoms with Gasteiger partial charge in [0.1, 0.15) is 11.4 Å². The highest BCUT2D eigenvalue weighted by molar-refractivity contribution is 7.13. The lowest BCUT2D eigenvalue weighted by molar-refractivity contribution is 0.0839. The maximum Gasteiger partial charge on any atom is 0.289 e. The van der Waals surface area contributed by atoms with Crippen LogP contribution >= 0.6 is 11.3 Å². The third-order valence-electron chi connectivity index (χ3n) is 3.53. The van der Waals surface area contributed by atoms with Gasteiger partial charge in [0.2, 0.25) is 0 Å². The summed E-state index contributed by atoms with van der Waals surface area (Å²) in [7, 11) is 1.67. The van der Waals surface area contributed by atoms with Gasteiger partial charge in [-0.25, -0.2) is 4.98 Å². The van der Waals surface area contributed by atoms with Crippen molar-refractivity contribution in [1.82, 2.24) is 25.6 Å². The zero-order chi connectivity index (χ0) is 17.1. The summed E-state index contributed by atoms with van der Waals surface area (Å²) < 4.78 is 6.75. The zero-order valence-electron chi connectivity index (χ0n) is 13.4. The lowest BCUT2D eigenvalue weighted by Gasteiger charge is -2.25. The Hall–Kier alpha value is -2.46. The maximum atomic E-state index is 12.1. The molecule has 2 amide bonds. The minimum absolute atomic E-state index is 0.267. The number of hydrogen-bond acceptors (Lipinski definition) is 7. The molecule has 24 heavy (non-hydrogen) atoms. The summed E-state index contributed by atoms with van der Waals surface area (Å²) in [6, 6.07) is 1.64. The molecule has 9 nitrogen and oxygen atoms in total. The molecule has 1 aliphatic heterocycles. The van der Waals surface area contributed by atoms with E-state index in [0.717, 1.165) is 23.9 Å². The normalized spacial score (nSPS) is 14.5. The van der Waals surface area contributed by atoms with Gasteiger partial charge in [0.15, 0.2) is 5.13 Å². The van der Waals surface area contributed by atoms with Gasteiger partial charge in [0.25, 0.3) is 11.8 Å². The summed E-state index contributed by atoms with van der Waals surface area (Å²) in [5, 5.41) is 6.53. The Morgan fingerprint density at radius 3 is 2.62 bits per heavy atom. The van der Waals surface area contributed by atoms with Crippen LogP contribution in [0.25, 0.3) is 0 Å². The molecule has 0 atom stereocenters. The van der Waals surface area contributed by atoms with Crippen LogP contribution in [-0.2, 0) is 11.8 Å². The molecule has 0 aliphatic carbocycles. The van der Waals surface area contributed by atoms with Crippen LogP contribution in [0.3, 0.4) is 0 Å². The predicted molar refractivity (Wildman–Crippen MR) is 88.0 cm³/mol. The summed E-state index contributed by atoms with van der Waals surface area (Å²) in [6.45, 7) is 4.61. The molecule has 0 bridgehead atoms. The first-order valence-electron chi connectivity index (χ1n) is 7.44. The molecular weight excluding hydrogens is 332 g/mol. The van der Waals surface area contributed by atoms with Gasteiger partial charge in [-0.05, 0) is 13.0 Å². The molecule has 0 saturated carbocycles. The van der Waals surface area contributed by atoms with Crippen LogP contribution in [0, 0.1) is 6.92 Å². The van der Waals surface area contributed by atoms with E-state index in [-0.39, 0.29) is 5.69 Å². The molecule has 2 aromatic rings. The molecule has 0 unspecified atom stereocenters. The lowest BCUT2D eigenvalue weighted by atomic mass is 10.3. The molecule has 1 aliphatic rings. The van der Waals surface area contributed by atoms with Crippen LogP contribution in [0.4, 0.5) is 5.13 Å². The van der Waals surface area contributed by atoms with Gasteiger partial charge in [-0.2, -0.15) is 5.10 Å². The van der Waals surface area contributed by atoms with E-state index < -0.39 is 11.8 Å². The molecule has 128 valence electrons. The highest BCUT2D eigenvalue weighted by atomic mass is 32.1. The van der Waals surface area contributed by atoms with E-state index in [1.807, 2.05) is 0 Å². The van der Waals surface area contributed by atoms with Crippen molar-refractivity contribution in [3.8, 4) is 0 Å². The monoisotopic (exact) mass is 350 g/mol. The average molecular weight is 350 g/mol. The summed E-state index contributed by atoms with van der Waals surface area (Å²) in [4.78, 5) is 30.5. The number of hydrogen-bond donors (Lipinski definition) is 2. The summed E-state index contributed by atoms with van der Waals surface area (Å²) in [5.74, 6) is -0.895. The SMILES string of the molecule is Cc1cc(C(=O)NNC(=O)c2csc(N3CCOCC3)n2)n(C)n1. The second kappa shape index (κ2) is 6.97. The van der Waals surface area contributed by atoms with Gasteiger partial charge in [-0.15, -0.1) is 11.3 Å². The predicted octanol–water partition coefficient (Wildman–Crippen LogP) is 0.0964. The minimum Gasteiger partial charge on any atom is -0.378 e. The van der Waals surface area contributed by atoms with E-state index in [0.29, 0.717) is 18.9 Å². The minimum atomic E-state index is -0.460. The number of aromatic nitrogens is 3. The number of morpholine rings is 1. The van der Waals surface area contributed by atoms with Gasteiger partial charge in [0, 0.05) is 25.5 Å². The van der Waals surface area contributed by atoms with E-state index in [2.05, 4.69) is 25.8 Å². The first-order chi connectivity index (χ1) is 11.5. The highest BCUT2D eigenvalue weighted by Crippen LogP contribution is 2.21. The van der Waals surface area contributed by atoms with E-state index >= 15 is 0 Å². The van der Waals surface area contributed by atoms with Crippen LogP contribution in [0.5, 0.6) is 0 Å². The van der Waals surface area contributed by atoms with Crippen LogP contribution in [0.15, 0.2) is 11.4 Å². The molecular formula is C14H18N6O3S. The zero-order valence-corrected chi connectivity index (χ0v) is 14.2. The molecule has 0 radical (unpaired) electrons. The van der Waals surface area contributed by atoms with Crippen molar-refractivity contribution in [1.29, 1.82) is 0 Å². The molecule has 1 fully saturated rings. The third kappa shape index (κ3) is 3.54. The van der Waals surface area contributed by atoms with E-state index in [4.69, 9.17) is 4.74 Å². The highest BCUT2D eigenvalue weighted by Gasteiger charge is 2.18. The molecule has 2 N–H and O–H groups in total. The quantitative estimate of drug-likeness (QED) is 0.761. The lowest BCUT2D eigenvalue weighted by Crippen LogP contribution is -2.42. The largest absolute Gasteiger partial charge is 0.378 e. The van der Waals surface area contributed by atoms with Gasteiger partial charge in [-0.1, -0.05) is 0 Å². The van der Waals surface area contributed by atoms with Crippen molar-refractivity contribution in [3.05, 3.63) is 28.5 Å². The van der Waals surface area contributed by atoms with E-state index in [9.17, 15) is 9.59 Å². The van der Waals surface area contributed by atoms with Crippen LogP contribution in [-0.4, -0.2) is 52.9 Å². The fourth-order valence-corrected chi connectivity index (χ4v) is 3.19. The van der Waals surface area contributed by atoms with Gasteiger partial charge >= 0.3 is 0 Å². The number of carbonyl (C=O) groups excluding carboxylic acids is 2. The molecule has 10 heteroatoms. The number of thiazole rings is 1. The van der Waals surface area contributed by atoms with Crippen LogP contribution < -0.4 is 15.8 Å². The number of nitrogens with zero attached hydrogens (tertiary/aromatic N) is 4. The number of carbonyl (C=O) groups is 2. The number of aryl methyl sites for hydroxylation is 2. The van der Waals surface area contributed by atoms with Crippen molar-refractivity contribution in [2.24, 2.45) is 7.05 Å². The summed E-state index contributed by atoms with van der Waals surface area (Å²) in [5.41, 5.74) is 6.10. The Morgan fingerprint density at radius 1 is 1.25 bits per heavy atom. The Labute approximate surface area is 142 Å². The number of ether oxygens (including phenoxy) is 1. The molecule has 1 saturated heterocycles. The fraction of sp³-hybridized carbons (Fsp3) is 0.429. The first-order valence-corrected chi connectivity index (χ1v) is 8.32. The number of nitrogens with one attached hydrogen (secondary N) is 2. The number of anilines is 1. The van der Waals surface area contributed by atoms with Gasteiger partial charge < -0.3 is 9.64 Å². The first kappa shape index (κ1) is 16.4. The van der Waals surface area contributed by atoms with E-state index in [1.165, 1.54) is 16.0 Å². The van der Waals surface area contributed by atoms with Crippen molar-refractivity contribution < 1.29 is 14.3 Å². The molecule has 0 spiro atoms. The van der Waals surface area contributed by atoms with Crippen LogP contribution in [0.1, 0.15) is 26.7 Å². The third-order valence-corrected chi connectivity index (χ3v) is 4.43. The molecule has 3 rings (SSSR count). The van der Waals surface area contributed by atoms with Crippen LogP contribution in [0.2, 0.25) is 0 Å². The van der Waals surface area contributed by atoms with Crippen molar-refractivity contribution in [2.45, 2.75) is 6.92 Å². The maximum absolute atomic E-state index is 12.1. The molecule has 2 aromatic heterocycles. The van der Waals surface area contributed by atoms with Crippen molar-refractivity contribution in [2.75, 3.05) is 31.2 Å². The number of hydrazine groups is 1. The number of rotatable bonds is 3. The van der Waals surface area contributed by atoms with Crippen molar-refractivity contribution >= 4 is 28.3 Å². The summed E-state index contributed by atoms with van der Waals surface area (Å²) in [6.07, 6.45) is 0. The Kier molecular flexibility index (Phi) is 4.76. The second-order valence-electron chi connectivity index (χ2n) is 5.32. The Morgan fingerprint density at radius 2 is 1.96 bits per heavy atom. The van der Waals surface area contributed by atoms with E-state index in [1.54, 1.807) is 25.4 Å².